The van der Waals surface area contributed by atoms with Crippen molar-refractivity contribution in [3.05, 3.63) is 53.3 Å². The lowest BCUT2D eigenvalue weighted by atomic mass is 10.1. The molecule has 0 amide bonds. The number of aryl methyl sites for hydroxylation is 2. The van der Waals surface area contributed by atoms with Gasteiger partial charge in [0.25, 0.3) is 0 Å². The van der Waals surface area contributed by atoms with Crippen LogP contribution in [0.3, 0.4) is 0 Å². The van der Waals surface area contributed by atoms with Crippen LogP contribution in [0.1, 0.15) is 27.9 Å². The van der Waals surface area contributed by atoms with E-state index in [1.54, 1.807) is 12.3 Å². The van der Waals surface area contributed by atoms with Crippen LogP contribution in [0, 0.1) is 0 Å². The predicted molar refractivity (Wildman–Crippen MR) is 73.8 cm³/mol. The van der Waals surface area contributed by atoms with Crippen molar-refractivity contribution < 1.29 is 9.90 Å². The smallest absolute Gasteiger partial charge is 0.338 e. The number of carboxylic acid groups (broad SMARTS) is 1. The number of aromatic carboxylic acids is 1. The molecule has 3 rings (SSSR count). The summed E-state index contributed by atoms with van der Waals surface area (Å²) in [5.74, 6) is -0.934. The first-order chi connectivity index (χ1) is 9.24. The predicted octanol–water partition coefficient (Wildman–Crippen LogP) is 3.42. The standard InChI is InChI=1S/C15H13NO2S/c17-15(18)13-9-16-7-6-14(13)19-12-5-4-10-2-1-3-11(10)8-12/h4-9H,1-3H2,(H,17,18). The summed E-state index contributed by atoms with van der Waals surface area (Å²) in [6, 6.07) is 8.16. The Labute approximate surface area is 115 Å². The maximum atomic E-state index is 11.1. The first-order valence-electron chi connectivity index (χ1n) is 6.21. The molecule has 0 unspecified atom stereocenters. The summed E-state index contributed by atoms with van der Waals surface area (Å²) >= 11 is 1.49. The number of hydrogen-bond donors (Lipinski definition) is 1. The first-order valence-corrected chi connectivity index (χ1v) is 7.02. The summed E-state index contributed by atoms with van der Waals surface area (Å²) in [5.41, 5.74) is 3.08. The molecule has 2 aromatic rings. The summed E-state index contributed by atoms with van der Waals surface area (Å²) < 4.78 is 0. The fourth-order valence-electron chi connectivity index (χ4n) is 2.37. The molecule has 1 aliphatic rings. The molecule has 0 fully saturated rings. The highest BCUT2D eigenvalue weighted by Gasteiger charge is 2.14. The summed E-state index contributed by atoms with van der Waals surface area (Å²) in [4.78, 5) is 16.8. The molecule has 1 N–H and O–H groups in total. The maximum absolute atomic E-state index is 11.1. The third-order valence-electron chi connectivity index (χ3n) is 3.31. The first kappa shape index (κ1) is 12.2. The second-order valence-electron chi connectivity index (χ2n) is 4.56. The van der Waals surface area contributed by atoms with E-state index in [0.29, 0.717) is 0 Å². The van der Waals surface area contributed by atoms with Gasteiger partial charge < -0.3 is 5.11 Å². The average Bonchev–Trinajstić information content (AvgIpc) is 2.86. The van der Waals surface area contributed by atoms with E-state index in [4.69, 9.17) is 5.11 Å². The van der Waals surface area contributed by atoms with Crippen molar-refractivity contribution >= 4 is 17.7 Å². The molecule has 0 saturated carbocycles. The van der Waals surface area contributed by atoms with Crippen molar-refractivity contribution in [2.45, 2.75) is 29.1 Å². The average molecular weight is 271 g/mol. The van der Waals surface area contributed by atoms with Gasteiger partial charge in [-0.25, -0.2) is 4.79 Å². The zero-order valence-corrected chi connectivity index (χ0v) is 11.1. The SMILES string of the molecule is O=C(O)c1cnccc1Sc1ccc2c(c1)CCC2. The van der Waals surface area contributed by atoms with Crippen LogP contribution in [0.15, 0.2) is 46.5 Å². The number of benzene rings is 1. The van der Waals surface area contributed by atoms with Crippen molar-refractivity contribution in [3.63, 3.8) is 0 Å². The Hall–Kier alpha value is -1.81. The maximum Gasteiger partial charge on any atom is 0.338 e. The second kappa shape index (κ2) is 5.05. The van der Waals surface area contributed by atoms with E-state index in [0.717, 1.165) is 22.6 Å². The fourth-order valence-corrected chi connectivity index (χ4v) is 3.34. The van der Waals surface area contributed by atoms with Gasteiger partial charge in [0.1, 0.15) is 0 Å². The van der Waals surface area contributed by atoms with Crippen LogP contribution in [0.25, 0.3) is 0 Å². The molecule has 1 aliphatic carbocycles. The molecule has 0 aliphatic heterocycles. The molecule has 0 saturated heterocycles. The van der Waals surface area contributed by atoms with Crippen LogP contribution in [-0.2, 0) is 12.8 Å². The van der Waals surface area contributed by atoms with E-state index in [2.05, 4.69) is 23.2 Å². The molecule has 1 aromatic carbocycles. The van der Waals surface area contributed by atoms with Crippen LogP contribution >= 0.6 is 11.8 Å². The third kappa shape index (κ3) is 2.49. The van der Waals surface area contributed by atoms with E-state index < -0.39 is 5.97 Å². The molecule has 19 heavy (non-hydrogen) atoms. The normalized spacial score (nSPS) is 13.3. The van der Waals surface area contributed by atoms with Gasteiger partial charge in [0.2, 0.25) is 0 Å². The zero-order valence-electron chi connectivity index (χ0n) is 10.3. The number of carbonyl (C=O) groups is 1. The van der Waals surface area contributed by atoms with Crippen molar-refractivity contribution in [1.82, 2.24) is 4.98 Å². The molecule has 0 atom stereocenters. The molecule has 1 aromatic heterocycles. The summed E-state index contributed by atoms with van der Waals surface area (Å²) in [5, 5.41) is 9.15. The van der Waals surface area contributed by atoms with Crippen molar-refractivity contribution in [2.24, 2.45) is 0 Å². The molecular formula is C15H13NO2S. The van der Waals surface area contributed by atoms with Crippen molar-refractivity contribution in [2.75, 3.05) is 0 Å². The van der Waals surface area contributed by atoms with E-state index in [9.17, 15) is 4.79 Å². The molecular weight excluding hydrogens is 258 g/mol. The van der Waals surface area contributed by atoms with Crippen LogP contribution in [-0.4, -0.2) is 16.1 Å². The van der Waals surface area contributed by atoms with Gasteiger partial charge in [-0.3, -0.25) is 4.98 Å². The van der Waals surface area contributed by atoms with Gasteiger partial charge in [-0.05, 0) is 48.6 Å². The minimum absolute atomic E-state index is 0.257. The number of nitrogens with zero attached hydrogens (tertiary/aromatic N) is 1. The molecule has 3 nitrogen and oxygen atoms in total. The Morgan fingerprint density at radius 2 is 2.05 bits per heavy atom. The monoisotopic (exact) mass is 271 g/mol. The van der Waals surface area contributed by atoms with Gasteiger partial charge in [-0.2, -0.15) is 0 Å². The van der Waals surface area contributed by atoms with Gasteiger partial charge in [0.15, 0.2) is 0 Å². The minimum atomic E-state index is -0.934. The lowest BCUT2D eigenvalue weighted by Gasteiger charge is -2.07. The van der Waals surface area contributed by atoms with Gasteiger partial charge >= 0.3 is 5.97 Å². The number of hydrogen-bond acceptors (Lipinski definition) is 3. The van der Waals surface area contributed by atoms with Gasteiger partial charge in [-0.1, -0.05) is 17.8 Å². The third-order valence-corrected chi connectivity index (χ3v) is 4.37. The quantitative estimate of drug-likeness (QED) is 0.929. The largest absolute Gasteiger partial charge is 0.478 e. The number of pyridine rings is 1. The number of aromatic nitrogens is 1. The Morgan fingerprint density at radius 1 is 1.21 bits per heavy atom. The summed E-state index contributed by atoms with van der Waals surface area (Å²) in [7, 11) is 0. The Balaban J connectivity index is 1.91. The topological polar surface area (TPSA) is 50.2 Å². The van der Waals surface area contributed by atoms with Crippen LogP contribution in [0.2, 0.25) is 0 Å². The highest BCUT2D eigenvalue weighted by atomic mass is 32.2. The van der Waals surface area contributed by atoms with Gasteiger partial charge in [0.05, 0.1) is 5.56 Å². The number of rotatable bonds is 3. The van der Waals surface area contributed by atoms with E-state index in [1.807, 2.05) is 0 Å². The van der Waals surface area contributed by atoms with E-state index in [1.165, 1.54) is 35.5 Å². The molecule has 4 heteroatoms. The molecule has 0 spiro atoms. The van der Waals surface area contributed by atoms with Gasteiger partial charge in [-0.15, -0.1) is 0 Å². The Kier molecular flexibility index (Phi) is 3.25. The van der Waals surface area contributed by atoms with E-state index in [-0.39, 0.29) is 5.56 Å². The summed E-state index contributed by atoms with van der Waals surface area (Å²) in [6.07, 6.45) is 6.54. The molecule has 0 radical (unpaired) electrons. The fraction of sp³-hybridized carbons (Fsp3) is 0.200. The minimum Gasteiger partial charge on any atom is -0.478 e. The Morgan fingerprint density at radius 3 is 2.89 bits per heavy atom. The second-order valence-corrected chi connectivity index (χ2v) is 5.68. The summed E-state index contributed by atoms with van der Waals surface area (Å²) in [6.45, 7) is 0. The molecule has 0 bridgehead atoms. The van der Waals surface area contributed by atoms with Crippen LogP contribution < -0.4 is 0 Å². The number of carboxylic acids is 1. The van der Waals surface area contributed by atoms with Crippen LogP contribution in [0.4, 0.5) is 0 Å². The highest BCUT2D eigenvalue weighted by molar-refractivity contribution is 7.99. The van der Waals surface area contributed by atoms with Crippen LogP contribution in [0.5, 0.6) is 0 Å². The van der Waals surface area contributed by atoms with E-state index >= 15 is 0 Å². The highest BCUT2D eigenvalue weighted by Crippen LogP contribution is 2.33. The van der Waals surface area contributed by atoms with Crippen molar-refractivity contribution in [1.29, 1.82) is 0 Å². The molecule has 96 valence electrons. The van der Waals surface area contributed by atoms with Gasteiger partial charge in [0, 0.05) is 22.2 Å². The molecule has 1 heterocycles. The lowest BCUT2D eigenvalue weighted by molar-refractivity contribution is 0.0692. The number of fused-ring (bicyclic) bond motifs is 1. The Bertz CT molecular complexity index is 640. The van der Waals surface area contributed by atoms with Crippen molar-refractivity contribution in [3.8, 4) is 0 Å². The lowest BCUT2D eigenvalue weighted by Crippen LogP contribution is -1.99. The zero-order chi connectivity index (χ0) is 13.2.